The van der Waals surface area contributed by atoms with Crippen LogP contribution in [0.5, 0.6) is 5.75 Å². The standard InChI is InChI=1S/C25H43NO2/c1-4-5-6-7-8-9-10-11-12-13-14-18-25(27)26-23-16-15-17-24(21-23)28-20-19-22(2)3/h15-17,21-22H,4-14,18-20H2,1-3H3,(H,26,27). The molecule has 0 aliphatic rings. The highest BCUT2D eigenvalue weighted by molar-refractivity contribution is 5.90. The summed E-state index contributed by atoms with van der Waals surface area (Å²) in [5, 5.41) is 3.00. The summed E-state index contributed by atoms with van der Waals surface area (Å²) < 4.78 is 5.76. The first kappa shape index (κ1) is 24.5. The van der Waals surface area contributed by atoms with Gasteiger partial charge in [0.15, 0.2) is 0 Å². The van der Waals surface area contributed by atoms with Crippen molar-refractivity contribution in [3.8, 4) is 5.75 Å². The summed E-state index contributed by atoms with van der Waals surface area (Å²) in [4.78, 5) is 12.1. The molecule has 160 valence electrons. The minimum atomic E-state index is 0.107. The number of benzene rings is 1. The molecule has 1 N–H and O–H groups in total. The maximum atomic E-state index is 12.1. The first-order valence-electron chi connectivity index (χ1n) is 11.6. The van der Waals surface area contributed by atoms with Crippen molar-refractivity contribution in [2.24, 2.45) is 5.92 Å². The number of rotatable bonds is 17. The van der Waals surface area contributed by atoms with E-state index in [0.29, 0.717) is 18.9 Å². The van der Waals surface area contributed by atoms with Crippen LogP contribution in [0.15, 0.2) is 24.3 Å². The van der Waals surface area contributed by atoms with Gasteiger partial charge in [-0.3, -0.25) is 4.79 Å². The highest BCUT2D eigenvalue weighted by Crippen LogP contribution is 2.19. The van der Waals surface area contributed by atoms with Crippen molar-refractivity contribution in [3.05, 3.63) is 24.3 Å². The molecule has 0 aromatic heterocycles. The van der Waals surface area contributed by atoms with E-state index in [1.807, 2.05) is 24.3 Å². The summed E-state index contributed by atoms with van der Waals surface area (Å²) in [7, 11) is 0. The van der Waals surface area contributed by atoms with Crippen LogP contribution < -0.4 is 10.1 Å². The Hall–Kier alpha value is -1.51. The molecule has 0 unspecified atom stereocenters. The van der Waals surface area contributed by atoms with Gasteiger partial charge in [-0.1, -0.05) is 91.0 Å². The molecule has 0 fully saturated rings. The number of anilines is 1. The van der Waals surface area contributed by atoms with Gasteiger partial charge in [0, 0.05) is 18.2 Å². The lowest BCUT2D eigenvalue weighted by Crippen LogP contribution is -2.11. The van der Waals surface area contributed by atoms with Crippen molar-refractivity contribution < 1.29 is 9.53 Å². The summed E-state index contributed by atoms with van der Waals surface area (Å²) in [5.41, 5.74) is 0.829. The quantitative estimate of drug-likeness (QED) is 0.277. The van der Waals surface area contributed by atoms with Gasteiger partial charge >= 0.3 is 0 Å². The van der Waals surface area contributed by atoms with Crippen LogP contribution in [0.1, 0.15) is 104 Å². The summed E-state index contributed by atoms with van der Waals surface area (Å²) in [6.07, 6.45) is 16.0. The molecule has 0 spiro atoms. The van der Waals surface area contributed by atoms with Crippen LogP contribution in [0.4, 0.5) is 5.69 Å². The highest BCUT2D eigenvalue weighted by Gasteiger charge is 2.04. The fourth-order valence-electron chi connectivity index (χ4n) is 3.25. The van der Waals surface area contributed by atoms with E-state index in [-0.39, 0.29) is 5.91 Å². The Morgan fingerprint density at radius 3 is 2.14 bits per heavy atom. The van der Waals surface area contributed by atoms with E-state index in [1.54, 1.807) is 0 Å². The van der Waals surface area contributed by atoms with Crippen LogP contribution in [0.2, 0.25) is 0 Å². The van der Waals surface area contributed by atoms with E-state index in [1.165, 1.54) is 57.8 Å². The van der Waals surface area contributed by atoms with Gasteiger partial charge in [0.2, 0.25) is 5.91 Å². The Balaban J connectivity index is 2.06. The molecule has 3 heteroatoms. The average molecular weight is 390 g/mol. The Labute approximate surface area is 173 Å². The third kappa shape index (κ3) is 13.6. The van der Waals surface area contributed by atoms with Crippen LogP contribution in [-0.2, 0) is 4.79 Å². The fraction of sp³-hybridized carbons (Fsp3) is 0.720. The molecule has 0 saturated heterocycles. The second-order valence-electron chi connectivity index (χ2n) is 8.39. The molecular weight excluding hydrogens is 346 g/mol. The van der Waals surface area contributed by atoms with Gasteiger partial charge in [-0.05, 0) is 30.9 Å². The van der Waals surface area contributed by atoms with E-state index < -0.39 is 0 Å². The molecule has 0 aliphatic heterocycles. The molecule has 1 amide bonds. The summed E-state index contributed by atoms with van der Waals surface area (Å²) in [5.74, 6) is 1.57. The van der Waals surface area contributed by atoms with Crippen molar-refractivity contribution in [2.75, 3.05) is 11.9 Å². The largest absolute Gasteiger partial charge is 0.494 e. The molecule has 1 rings (SSSR count). The van der Waals surface area contributed by atoms with Gasteiger partial charge in [0.1, 0.15) is 5.75 Å². The molecule has 3 nitrogen and oxygen atoms in total. The zero-order chi connectivity index (χ0) is 20.5. The lowest BCUT2D eigenvalue weighted by atomic mass is 10.1. The van der Waals surface area contributed by atoms with Gasteiger partial charge < -0.3 is 10.1 Å². The van der Waals surface area contributed by atoms with Crippen molar-refractivity contribution >= 4 is 11.6 Å². The van der Waals surface area contributed by atoms with Crippen LogP contribution in [0.3, 0.4) is 0 Å². The van der Waals surface area contributed by atoms with Crippen LogP contribution in [0.25, 0.3) is 0 Å². The predicted octanol–water partition coefficient (Wildman–Crippen LogP) is 7.75. The maximum absolute atomic E-state index is 12.1. The van der Waals surface area contributed by atoms with Crippen molar-refractivity contribution in [1.82, 2.24) is 0 Å². The molecule has 0 aliphatic carbocycles. The SMILES string of the molecule is CCCCCCCCCCCCCC(=O)Nc1cccc(OCCC(C)C)c1. The number of hydrogen-bond acceptors (Lipinski definition) is 2. The lowest BCUT2D eigenvalue weighted by Gasteiger charge is -2.10. The van der Waals surface area contributed by atoms with Crippen molar-refractivity contribution in [2.45, 2.75) is 104 Å². The van der Waals surface area contributed by atoms with E-state index in [0.717, 1.165) is 30.7 Å². The van der Waals surface area contributed by atoms with Gasteiger partial charge in [-0.2, -0.15) is 0 Å². The second kappa shape index (κ2) is 16.4. The number of ether oxygens (including phenoxy) is 1. The molecule has 0 radical (unpaired) electrons. The fourth-order valence-corrected chi connectivity index (χ4v) is 3.25. The summed E-state index contributed by atoms with van der Waals surface area (Å²) >= 11 is 0. The molecule has 1 aromatic rings. The van der Waals surface area contributed by atoms with Crippen LogP contribution in [-0.4, -0.2) is 12.5 Å². The van der Waals surface area contributed by atoms with Gasteiger partial charge in [0.05, 0.1) is 6.61 Å². The smallest absolute Gasteiger partial charge is 0.224 e. The minimum absolute atomic E-state index is 0.107. The van der Waals surface area contributed by atoms with Gasteiger partial charge in [-0.15, -0.1) is 0 Å². The molecule has 0 bridgehead atoms. The van der Waals surface area contributed by atoms with Gasteiger partial charge in [-0.25, -0.2) is 0 Å². The topological polar surface area (TPSA) is 38.3 Å². The minimum Gasteiger partial charge on any atom is -0.494 e. The number of nitrogens with one attached hydrogen (secondary N) is 1. The normalized spacial score (nSPS) is 11.0. The number of unbranched alkanes of at least 4 members (excludes halogenated alkanes) is 10. The van der Waals surface area contributed by atoms with Crippen LogP contribution >= 0.6 is 0 Å². The Morgan fingerprint density at radius 1 is 0.929 bits per heavy atom. The first-order chi connectivity index (χ1) is 13.6. The number of amides is 1. The molecule has 1 aromatic carbocycles. The van der Waals surface area contributed by atoms with E-state index in [2.05, 4.69) is 26.1 Å². The number of carbonyl (C=O) groups excluding carboxylic acids is 1. The Morgan fingerprint density at radius 2 is 1.54 bits per heavy atom. The van der Waals surface area contributed by atoms with E-state index in [4.69, 9.17) is 4.74 Å². The van der Waals surface area contributed by atoms with Crippen molar-refractivity contribution in [3.63, 3.8) is 0 Å². The summed E-state index contributed by atoms with van der Waals surface area (Å²) in [6.45, 7) is 7.36. The average Bonchev–Trinajstić information content (AvgIpc) is 2.66. The highest BCUT2D eigenvalue weighted by atomic mass is 16.5. The molecule has 28 heavy (non-hydrogen) atoms. The maximum Gasteiger partial charge on any atom is 0.224 e. The molecule has 0 heterocycles. The third-order valence-corrected chi connectivity index (χ3v) is 5.09. The van der Waals surface area contributed by atoms with Crippen molar-refractivity contribution in [1.29, 1.82) is 0 Å². The second-order valence-corrected chi connectivity index (χ2v) is 8.39. The first-order valence-corrected chi connectivity index (χ1v) is 11.6. The monoisotopic (exact) mass is 389 g/mol. The Kier molecular flexibility index (Phi) is 14.4. The number of carbonyl (C=O) groups is 1. The van der Waals surface area contributed by atoms with E-state index in [9.17, 15) is 4.79 Å². The van der Waals surface area contributed by atoms with E-state index >= 15 is 0 Å². The molecular formula is C25H43NO2. The molecule has 0 atom stereocenters. The lowest BCUT2D eigenvalue weighted by molar-refractivity contribution is -0.116. The molecule has 0 saturated carbocycles. The number of hydrogen-bond donors (Lipinski definition) is 1. The van der Waals surface area contributed by atoms with Gasteiger partial charge in [0.25, 0.3) is 0 Å². The third-order valence-electron chi connectivity index (χ3n) is 5.09. The Bertz CT molecular complexity index is 513. The zero-order valence-electron chi connectivity index (χ0n) is 18.6. The summed E-state index contributed by atoms with van der Waals surface area (Å²) in [6, 6.07) is 7.72. The zero-order valence-corrected chi connectivity index (χ0v) is 18.6. The van der Waals surface area contributed by atoms with Crippen LogP contribution in [0, 0.1) is 5.92 Å². The predicted molar refractivity (Wildman–Crippen MR) is 121 cm³/mol.